The Morgan fingerprint density at radius 2 is 2.08 bits per heavy atom. The van der Waals surface area contributed by atoms with Crippen molar-refractivity contribution < 1.29 is 10.0 Å². The van der Waals surface area contributed by atoms with Crippen LogP contribution in [-0.2, 0) is 0 Å². The van der Waals surface area contributed by atoms with E-state index in [2.05, 4.69) is 4.98 Å². The number of rotatable bonds is 1. The molecule has 3 nitrogen and oxygen atoms in total. The summed E-state index contributed by atoms with van der Waals surface area (Å²) in [5.74, 6) is 0. The van der Waals surface area contributed by atoms with Gasteiger partial charge in [-0.05, 0) is 29.9 Å². The van der Waals surface area contributed by atoms with Crippen LogP contribution < -0.4 is 5.46 Å². The van der Waals surface area contributed by atoms with E-state index in [9.17, 15) is 0 Å². The molecule has 0 aliphatic heterocycles. The van der Waals surface area contributed by atoms with E-state index in [1.165, 1.54) is 0 Å². The Kier molecular flexibility index (Phi) is 1.86. The van der Waals surface area contributed by atoms with Crippen molar-refractivity contribution in [1.29, 1.82) is 0 Å². The van der Waals surface area contributed by atoms with Crippen LogP contribution in [0.1, 0.15) is 5.69 Å². The van der Waals surface area contributed by atoms with Crippen molar-refractivity contribution in [3.8, 4) is 0 Å². The SMILES string of the molecule is Cc1cc2c(B(O)O)cccc2[nH]1. The molecule has 2 aromatic rings. The summed E-state index contributed by atoms with van der Waals surface area (Å²) in [6.07, 6.45) is 0. The molecule has 0 atom stereocenters. The molecule has 0 bridgehead atoms. The van der Waals surface area contributed by atoms with Crippen molar-refractivity contribution in [3.63, 3.8) is 0 Å². The largest absolute Gasteiger partial charge is 0.489 e. The highest BCUT2D eigenvalue weighted by molar-refractivity contribution is 6.61. The first-order valence-corrected chi connectivity index (χ1v) is 4.13. The number of nitrogens with one attached hydrogen (secondary N) is 1. The molecule has 66 valence electrons. The Balaban J connectivity index is 2.75. The molecule has 13 heavy (non-hydrogen) atoms. The molecule has 0 aliphatic rings. The van der Waals surface area contributed by atoms with Gasteiger partial charge in [-0.1, -0.05) is 12.1 Å². The lowest BCUT2D eigenvalue weighted by molar-refractivity contribution is 0.426. The number of hydrogen-bond donors (Lipinski definition) is 3. The van der Waals surface area contributed by atoms with Gasteiger partial charge >= 0.3 is 7.12 Å². The predicted octanol–water partition coefficient (Wildman–Crippen LogP) is 0.156. The van der Waals surface area contributed by atoms with Crippen LogP contribution in [0.2, 0.25) is 0 Å². The maximum atomic E-state index is 9.07. The number of fused-ring (bicyclic) bond motifs is 1. The van der Waals surface area contributed by atoms with Gasteiger partial charge in [0.25, 0.3) is 0 Å². The highest BCUT2D eigenvalue weighted by atomic mass is 16.4. The summed E-state index contributed by atoms with van der Waals surface area (Å²) >= 11 is 0. The highest BCUT2D eigenvalue weighted by Crippen LogP contribution is 2.12. The van der Waals surface area contributed by atoms with Crippen LogP contribution in [0.4, 0.5) is 0 Å². The summed E-state index contributed by atoms with van der Waals surface area (Å²) in [5.41, 5.74) is 2.49. The summed E-state index contributed by atoms with van der Waals surface area (Å²) in [6, 6.07) is 7.33. The zero-order valence-corrected chi connectivity index (χ0v) is 7.28. The predicted molar refractivity (Wildman–Crippen MR) is 52.9 cm³/mol. The molecule has 2 rings (SSSR count). The van der Waals surface area contributed by atoms with Gasteiger partial charge in [0, 0.05) is 11.2 Å². The number of benzene rings is 1. The molecule has 0 saturated heterocycles. The average Bonchev–Trinajstić information content (AvgIpc) is 2.43. The van der Waals surface area contributed by atoms with Crippen molar-refractivity contribution in [3.05, 3.63) is 30.0 Å². The van der Waals surface area contributed by atoms with Crippen molar-refractivity contribution in [2.75, 3.05) is 0 Å². The van der Waals surface area contributed by atoms with E-state index in [0.717, 1.165) is 16.6 Å². The fraction of sp³-hybridized carbons (Fsp3) is 0.111. The zero-order chi connectivity index (χ0) is 9.42. The second-order valence-electron chi connectivity index (χ2n) is 3.13. The Morgan fingerprint density at radius 3 is 2.77 bits per heavy atom. The molecular formula is C9H10BNO2. The lowest BCUT2D eigenvalue weighted by atomic mass is 9.78. The molecule has 0 saturated carbocycles. The van der Waals surface area contributed by atoms with Gasteiger partial charge in [0.2, 0.25) is 0 Å². The van der Waals surface area contributed by atoms with Crippen LogP contribution in [-0.4, -0.2) is 22.2 Å². The van der Waals surface area contributed by atoms with Crippen LogP contribution >= 0.6 is 0 Å². The standard InChI is InChI=1S/C9H10BNO2/c1-6-5-7-8(10(12)13)3-2-4-9(7)11-6/h2-5,11-13H,1H3. The smallest absolute Gasteiger partial charge is 0.423 e. The van der Waals surface area contributed by atoms with Crippen LogP contribution in [0.25, 0.3) is 10.9 Å². The maximum Gasteiger partial charge on any atom is 0.489 e. The fourth-order valence-corrected chi connectivity index (χ4v) is 1.54. The van der Waals surface area contributed by atoms with Crippen molar-refractivity contribution in [1.82, 2.24) is 4.98 Å². The molecule has 0 aliphatic carbocycles. The van der Waals surface area contributed by atoms with Crippen LogP contribution in [0.15, 0.2) is 24.3 Å². The molecule has 0 radical (unpaired) electrons. The Hall–Kier alpha value is -1.26. The summed E-state index contributed by atoms with van der Waals surface area (Å²) in [4.78, 5) is 3.13. The molecule has 1 aromatic carbocycles. The lowest BCUT2D eigenvalue weighted by Gasteiger charge is -1.99. The van der Waals surface area contributed by atoms with E-state index in [0.29, 0.717) is 5.46 Å². The van der Waals surface area contributed by atoms with Crippen molar-refractivity contribution >= 4 is 23.5 Å². The third kappa shape index (κ3) is 1.34. The third-order valence-electron chi connectivity index (χ3n) is 2.11. The highest BCUT2D eigenvalue weighted by Gasteiger charge is 2.14. The van der Waals surface area contributed by atoms with E-state index < -0.39 is 7.12 Å². The van der Waals surface area contributed by atoms with E-state index in [4.69, 9.17) is 10.0 Å². The quantitative estimate of drug-likeness (QED) is 0.540. The second-order valence-corrected chi connectivity index (χ2v) is 3.13. The first-order chi connectivity index (χ1) is 6.18. The van der Waals surface area contributed by atoms with Crippen molar-refractivity contribution in [2.24, 2.45) is 0 Å². The van der Waals surface area contributed by atoms with E-state index in [1.54, 1.807) is 12.1 Å². The molecule has 0 fully saturated rings. The number of aromatic nitrogens is 1. The molecule has 4 heteroatoms. The Morgan fingerprint density at radius 1 is 1.31 bits per heavy atom. The minimum atomic E-state index is -1.40. The van der Waals surface area contributed by atoms with Gasteiger partial charge in [0.05, 0.1) is 0 Å². The summed E-state index contributed by atoms with van der Waals surface area (Å²) in [5, 5.41) is 19.0. The van der Waals surface area contributed by atoms with Gasteiger partial charge in [0.1, 0.15) is 0 Å². The molecular weight excluding hydrogens is 165 g/mol. The van der Waals surface area contributed by atoms with Crippen LogP contribution in [0.5, 0.6) is 0 Å². The molecule has 1 heterocycles. The monoisotopic (exact) mass is 175 g/mol. The van der Waals surface area contributed by atoms with Crippen molar-refractivity contribution in [2.45, 2.75) is 6.92 Å². The van der Waals surface area contributed by atoms with Gasteiger partial charge < -0.3 is 15.0 Å². The minimum Gasteiger partial charge on any atom is -0.423 e. The summed E-state index contributed by atoms with van der Waals surface area (Å²) < 4.78 is 0. The number of aryl methyl sites for hydroxylation is 1. The average molecular weight is 175 g/mol. The Labute approximate surface area is 76.2 Å². The van der Waals surface area contributed by atoms with E-state index >= 15 is 0 Å². The summed E-state index contributed by atoms with van der Waals surface area (Å²) in [6.45, 7) is 1.94. The van der Waals surface area contributed by atoms with Crippen LogP contribution in [0.3, 0.4) is 0 Å². The minimum absolute atomic E-state index is 0.543. The van der Waals surface area contributed by atoms with Gasteiger partial charge in [-0.15, -0.1) is 0 Å². The molecule has 0 unspecified atom stereocenters. The topological polar surface area (TPSA) is 56.2 Å². The van der Waals surface area contributed by atoms with Gasteiger partial charge in [0.15, 0.2) is 0 Å². The zero-order valence-electron chi connectivity index (χ0n) is 7.28. The molecule has 3 N–H and O–H groups in total. The first kappa shape index (κ1) is 8.35. The second kappa shape index (κ2) is 2.90. The molecule has 0 spiro atoms. The normalized spacial score (nSPS) is 10.7. The first-order valence-electron chi connectivity index (χ1n) is 4.13. The number of H-pyrrole nitrogens is 1. The van der Waals surface area contributed by atoms with Gasteiger partial charge in [-0.25, -0.2) is 0 Å². The van der Waals surface area contributed by atoms with Gasteiger partial charge in [-0.3, -0.25) is 0 Å². The van der Waals surface area contributed by atoms with E-state index in [-0.39, 0.29) is 0 Å². The number of hydrogen-bond acceptors (Lipinski definition) is 2. The van der Waals surface area contributed by atoms with Gasteiger partial charge in [-0.2, -0.15) is 0 Å². The lowest BCUT2D eigenvalue weighted by Crippen LogP contribution is -2.30. The number of aromatic amines is 1. The molecule has 0 amide bonds. The fourth-order valence-electron chi connectivity index (χ4n) is 1.54. The summed E-state index contributed by atoms with van der Waals surface area (Å²) in [7, 11) is -1.40. The molecule has 1 aromatic heterocycles. The Bertz CT molecular complexity index is 436. The van der Waals surface area contributed by atoms with Crippen LogP contribution in [0, 0.1) is 6.92 Å². The van der Waals surface area contributed by atoms with E-state index in [1.807, 2.05) is 19.1 Å². The maximum absolute atomic E-state index is 9.07. The third-order valence-corrected chi connectivity index (χ3v) is 2.11.